The second kappa shape index (κ2) is 5.61. The molecule has 3 nitrogen and oxygen atoms in total. The van der Waals surface area contributed by atoms with Gasteiger partial charge in [-0.25, -0.2) is 12.8 Å². The van der Waals surface area contributed by atoms with Gasteiger partial charge in [0.05, 0.1) is 5.25 Å². The summed E-state index contributed by atoms with van der Waals surface area (Å²) >= 11 is 0. The van der Waals surface area contributed by atoms with E-state index < -0.39 is 31.9 Å². The van der Waals surface area contributed by atoms with Gasteiger partial charge in [0, 0.05) is 5.56 Å². The van der Waals surface area contributed by atoms with Crippen LogP contribution in [0.15, 0.2) is 24.3 Å². The van der Waals surface area contributed by atoms with Crippen LogP contribution in [0.2, 0.25) is 0 Å². The molecule has 2 unspecified atom stereocenters. The molecule has 0 aliphatic rings. The lowest BCUT2D eigenvalue weighted by molar-refractivity contribution is 0.0991. The van der Waals surface area contributed by atoms with E-state index in [1.807, 2.05) is 0 Å². The number of sulfone groups is 1. The van der Waals surface area contributed by atoms with Gasteiger partial charge in [0.2, 0.25) is 0 Å². The Labute approximate surface area is 107 Å². The van der Waals surface area contributed by atoms with Crippen LogP contribution in [0.4, 0.5) is 4.39 Å². The van der Waals surface area contributed by atoms with Crippen LogP contribution in [0.3, 0.4) is 0 Å². The fourth-order valence-corrected chi connectivity index (χ4v) is 3.17. The molecule has 0 saturated heterocycles. The standard InChI is InChI=1S/C13H17FO3S/c1-4-9(2)18(16,17)10(3)13(15)11-5-7-12(14)8-6-11/h5-10H,4H2,1-3H3. The molecule has 18 heavy (non-hydrogen) atoms. The number of rotatable bonds is 5. The van der Waals surface area contributed by atoms with E-state index in [1.54, 1.807) is 13.8 Å². The fraction of sp³-hybridized carbons (Fsp3) is 0.462. The van der Waals surface area contributed by atoms with Gasteiger partial charge in [-0.2, -0.15) is 0 Å². The Morgan fingerprint density at radius 1 is 1.22 bits per heavy atom. The summed E-state index contributed by atoms with van der Waals surface area (Å²) in [6, 6.07) is 4.91. The minimum atomic E-state index is -3.49. The van der Waals surface area contributed by atoms with Gasteiger partial charge in [0.1, 0.15) is 11.1 Å². The van der Waals surface area contributed by atoms with E-state index in [4.69, 9.17) is 0 Å². The quantitative estimate of drug-likeness (QED) is 0.774. The third-order valence-electron chi connectivity index (χ3n) is 3.13. The Kier molecular flexibility index (Phi) is 4.62. The molecule has 0 aliphatic heterocycles. The Balaban J connectivity index is 3.01. The average Bonchev–Trinajstić information content (AvgIpc) is 2.36. The first-order valence-electron chi connectivity index (χ1n) is 5.83. The highest BCUT2D eigenvalue weighted by Gasteiger charge is 2.32. The first-order valence-corrected chi connectivity index (χ1v) is 7.44. The van der Waals surface area contributed by atoms with Crippen LogP contribution in [0.25, 0.3) is 0 Å². The molecule has 0 aromatic heterocycles. The van der Waals surface area contributed by atoms with Crippen LogP contribution in [0.1, 0.15) is 37.6 Å². The summed E-state index contributed by atoms with van der Waals surface area (Å²) in [6.07, 6.45) is 0.462. The lowest BCUT2D eigenvalue weighted by atomic mass is 10.1. The Morgan fingerprint density at radius 2 is 1.72 bits per heavy atom. The van der Waals surface area contributed by atoms with Crippen molar-refractivity contribution in [2.24, 2.45) is 0 Å². The Hall–Kier alpha value is -1.23. The highest BCUT2D eigenvalue weighted by atomic mass is 32.2. The van der Waals surface area contributed by atoms with E-state index in [2.05, 4.69) is 0 Å². The second-order valence-corrected chi connectivity index (χ2v) is 7.01. The molecule has 0 spiro atoms. The van der Waals surface area contributed by atoms with Crippen LogP contribution in [-0.2, 0) is 9.84 Å². The van der Waals surface area contributed by atoms with Crippen molar-refractivity contribution < 1.29 is 17.6 Å². The Morgan fingerprint density at radius 3 is 2.17 bits per heavy atom. The highest BCUT2D eigenvalue weighted by Crippen LogP contribution is 2.17. The number of carbonyl (C=O) groups excluding carboxylic acids is 1. The predicted octanol–water partition coefficient (Wildman–Crippen LogP) is 2.61. The molecule has 0 N–H and O–H groups in total. The van der Waals surface area contributed by atoms with E-state index in [9.17, 15) is 17.6 Å². The third-order valence-corrected chi connectivity index (χ3v) is 5.78. The van der Waals surface area contributed by atoms with Crippen LogP contribution >= 0.6 is 0 Å². The number of halogens is 1. The topological polar surface area (TPSA) is 51.2 Å². The monoisotopic (exact) mass is 272 g/mol. The van der Waals surface area contributed by atoms with E-state index in [0.29, 0.717) is 6.42 Å². The molecule has 0 radical (unpaired) electrons. The molecule has 100 valence electrons. The largest absolute Gasteiger partial charge is 0.293 e. The van der Waals surface area contributed by atoms with Crippen molar-refractivity contribution in [1.29, 1.82) is 0 Å². The molecule has 0 heterocycles. The third kappa shape index (κ3) is 2.96. The normalized spacial score (nSPS) is 15.1. The summed E-state index contributed by atoms with van der Waals surface area (Å²) in [6.45, 7) is 4.73. The summed E-state index contributed by atoms with van der Waals surface area (Å²) in [5, 5.41) is -1.66. The first kappa shape index (κ1) is 14.8. The first-order chi connectivity index (χ1) is 8.30. The molecular weight excluding hydrogens is 255 g/mol. The average molecular weight is 272 g/mol. The van der Waals surface area contributed by atoms with Gasteiger partial charge in [-0.15, -0.1) is 0 Å². The maximum Gasteiger partial charge on any atom is 0.180 e. The fourth-order valence-electron chi connectivity index (χ4n) is 1.58. The van der Waals surface area contributed by atoms with Crippen molar-refractivity contribution >= 4 is 15.6 Å². The SMILES string of the molecule is CCC(C)S(=O)(=O)C(C)C(=O)c1ccc(F)cc1. The van der Waals surface area contributed by atoms with Gasteiger partial charge in [-0.3, -0.25) is 4.79 Å². The molecule has 0 aliphatic carbocycles. The summed E-state index contributed by atoms with van der Waals surface area (Å²) in [5.74, 6) is -0.945. The minimum Gasteiger partial charge on any atom is -0.293 e. The maximum atomic E-state index is 12.7. The molecule has 1 aromatic carbocycles. The zero-order chi connectivity index (χ0) is 13.9. The van der Waals surface area contributed by atoms with Gasteiger partial charge < -0.3 is 0 Å². The van der Waals surface area contributed by atoms with E-state index in [-0.39, 0.29) is 5.56 Å². The summed E-state index contributed by atoms with van der Waals surface area (Å²) in [7, 11) is -3.49. The van der Waals surface area contributed by atoms with Gasteiger partial charge in [0.25, 0.3) is 0 Å². The Bertz CT molecular complexity index is 520. The molecule has 5 heteroatoms. The summed E-state index contributed by atoms with van der Waals surface area (Å²) < 4.78 is 36.8. The number of hydrogen-bond donors (Lipinski definition) is 0. The van der Waals surface area contributed by atoms with Crippen LogP contribution < -0.4 is 0 Å². The van der Waals surface area contributed by atoms with Crippen molar-refractivity contribution in [1.82, 2.24) is 0 Å². The van der Waals surface area contributed by atoms with E-state index in [1.165, 1.54) is 19.1 Å². The number of hydrogen-bond acceptors (Lipinski definition) is 3. The van der Waals surface area contributed by atoms with Crippen molar-refractivity contribution in [2.75, 3.05) is 0 Å². The molecule has 0 amide bonds. The smallest absolute Gasteiger partial charge is 0.180 e. The van der Waals surface area contributed by atoms with Crippen molar-refractivity contribution in [2.45, 2.75) is 37.7 Å². The minimum absolute atomic E-state index is 0.218. The van der Waals surface area contributed by atoms with Crippen LogP contribution in [0, 0.1) is 5.82 Å². The van der Waals surface area contributed by atoms with E-state index in [0.717, 1.165) is 12.1 Å². The molecule has 0 saturated carbocycles. The van der Waals surface area contributed by atoms with Crippen molar-refractivity contribution in [3.8, 4) is 0 Å². The summed E-state index contributed by atoms with van der Waals surface area (Å²) in [4.78, 5) is 12.0. The summed E-state index contributed by atoms with van der Waals surface area (Å²) in [5.41, 5.74) is 0.218. The van der Waals surface area contributed by atoms with Crippen LogP contribution in [-0.4, -0.2) is 24.7 Å². The van der Waals surface area contributed by atoms with Gasteiger partial charge in [-0.1, -0.05) is 6.92 Å². The molecule has 1 rings (SSSR count). The molecule has 2 atom stereocenters. The van der Waals surface area contributed by atoms with Gasteiger partial charge in [0.15, 0.2) is 15.6 Å². The van der Waals surface area contributed by atoms with Crippen molar-refractivity contribution in [3.63, 3.8) is 0 Å². The van der Waals surface area contributed by atoms with Crippen molar-refractivity contribution in [3.05, 3.63) is 35.6 Å². The number of Topliss-reactive ketones (excluding diaryl/α,β-unsaturated/α-hetero) is 1. The lowest BCUT2D eigenvalue weighted by Gasteiger charge is -2.16. The highest BCUT2D eigenvalue weighted by molar-refractivity contribution is 7.93. The maximum absolute atomic E-state index is 12.7. The number of benzene rings is 1. The second-order valence-electron chi connectivity index (χ2n) is 4.32. The lowest BCUT2D eigenvalue weighted by Crippen LogP contribution is -2.34. The molecular formula is C13H17FO3S. The number of ketones is 1. The predicted molar refractivity (Wildman–Crippen MR) is 68.9 cm³/mol. The van der Waals surface area contributed by atoms with Gasteiger partial charge in [-0.05, 0) is 44.5 Å². The number of carbonyl (C=O) groups is 1. The molecule has 0 fully saturated rings. The van der Waals surface area contributed by atoms with Crippen LogP contribution in [0.5, 0.6) is 0 Å². The zero-order valence-corrected chi connectivity index (χ0v) is 11.5. The molecule has 1 aromatic rings. The molecule has 0 bridgehead atoms. The van der Waals surface area contributed by atoms with E-state index >= 15 is 0 Å². The van der Waals surface area contributed by atoms with Gasteiger partial charge >= 0.3 is 0 Å². The zero-order valence-electron chi connectivity index (χ0n) is 10.7.